The van der Waals surface area contributed by atoms with Crippen LogP contribution in [0.25, 0.3) is 125 Å². The maximum atomic E-state index is 6.38. The van der Waals surface area contributed by atoms with Gasteiger partial charge in [0.05, 0.1) is 11.0 Å². The zero-order valence-corrected chi connectivity index (χ0v) is 32.2. The molecule has 0 bridgehead atoms. The standard InChI is InChI=1S/C53H30N4OS/c1-2-14-31(15-3-1)51-54-52(32-28-29-36-35-18-8-10-25-43(35)58-44(36)30-32)56-53(55-51)57-49-40(38-22-13-27-46-47(38)41-21-9-11-26-45(41)59-46)23-12-24-42(49)48-37-19-6-4-16-33(37)34-17-5-7-20-39(34)50(48)57/h1-30H. The maximum Gasteiger partial charge on any atom is 0.238 e. The Morgan fingerprint density at radius 2 is 0.983 bits per heavy atom. The molecule has 59 heavy (non-hydrogen) atoms. The number of fused-ring (bicyclic) bond motifs is 14. The molecule has 0 atom stereocenters. The third-order valence-electron chi connectivity index (χ3n) is 11.8. The minimum atomic E-state index is 0.550. The van der Waals surface area contributed by atoms with Crippen LogP contribution in [0.2, 0.25) is 0 Å². The Labute approximate surface area is 341 Å². The molecule has 0 aliphatic rings. The van der Waals surface area contributed by atoms with Crippen molar-refractivity contribution in [2.45, 2.75) is 0 Å². The first-order chi connectivity index (χ1) is 29.3. The van der Waals surface area contributed by atoms with E-state index in [9.17, 15) is 0 Å². The summed E-state index contributed by atoms with van der Waals surface area (Å²) < 4.78 is 11.2. The predicted molar refractivity (Wildman–Crippen MR) is 246 cm³/mol. The van der Waals surface area contributed by atoms with E-state index >= 15 is 0 Å². The van der Waals surface area contributed by atoms with Crippen LogP contribution in [0.5, 0.6) is 0 Å². The van der Waals surface area contributed by atoms with Crippen molar-refractivity contribution in [1.29, 1.82) is 0 Å². The molecule has 0 aliphatic heterocycles. The molecule has 13 aromatic rings. The van der Waals surface area contributed by atoms with E-state index < -0.39 is 0 Å². The zero-order valence-electron chi connectivity index (χ0n) is 31.4. The molecule has 0 radical (unpaired) electrons. The van der Waals surface area contributed by atoms with E-state index in [-0.39, 0.29) is 0 Å². The third-order valence-corrected chi connectivity index (χ3v) is 13.0. The summed E-state index contributed by atoms with van der Waals surface area (Å²) in [7, 11) is 0. The summed E-state index contributed by atoms with van der Waals surface area (Å²) >= 11 is 1.84. The number of benzene rings is 9. The average Bonchev–Trinajstić information content (AvgIpc) is 3.99. The number of hydrogen-bond acceptors (Lipinski definition) is 5. The van der Waals surface area contributed by atoms with Gasteiger partial charge in [0.2, 0.25) is 5.95 Å². The van der Waals surface area contributed by atoms with Crippen LogP contribution in [0, 0.1) is 0 Å². The van der Waals surface area contributed by atoms with Crippen molar-refractivity contribution >= 4 is 96.8 Å². The Morgan fingerprint density at radius 1 is 0.373 bits per heavy atom. The van der Waals surface area contributed by atoms with Crippen molar-refractivity contribution in [2.75, 3.05) is 0 Å². The van der Waals surface area contributed by atoms with Gasteiger partial charge in [-0.3, -0.25) is 4.57 Å². The van der Waals surface area contributed by atoms with Crippen LogP contribution in [0.1, 0.15) is 0 Å². The smallest absolute Gasteiger partial charge is 0.238 e. The molecule has 13 rings (SSSR count). The van der Waals surface area contributed by atoms with Crippen LogP contribution in [0.3, 0.4) is 0 Å². The molecule has 6 heteroatoms. The van der Waals surface area contributed by atoms with E-state index in [2.05, 4.69) is 150 Å². The minimum absolute atomic E-state index is 0.550. The van der Waals surface area contributed by atoms with Crippen LogP contribution in [0.15, 0.2) is 186 Å². The predicted octanol–water partition coefficient (Wildman–Crippen LogP) is 14.5. The second-order valence-corrected chi connectivity index (χ2v) is 16.2. The Balaban J connectivity index is 1.20. The second kappa shape index (κ2) is 12.4. The fraction of sp³-hybridized carbons (Fsp3) is 0. The van der Waals surface area contributed by atoms with E-state index in [1.807, 2.05) is 47.7 Å². The van der Waals surface area contributed by atoms with Gasteiger partial charge in [0.1, 0.15) is 11.2 Å². The highest BCUT2D eigenvalue weighted by atomic mass is 32.1. The normalized spacial score (nSPS) is 12.1. The highest BCUT2D eigenvalue weighted by Crippen LogP contribution is 2.47. The first-order valence-corrected chi connectivity index (χ1v) is 20.6. The van der Waals surface area contributed by atoms with Crippen LogP contribution >= 0.6 is 11.3 Å². The summed E-state index contributed by atoms with van der Waals surface area (Å²) in [5, 5.41) is 11.7. The lowest BCUT2D eigenvalue weighted by Gasteiger charge is -2.14. The number of hydrogen-bond donors (Lipinski definition) is 0. The number of rotatable bonds is 4. The summed E-state index contributed by atoms with van der Waals surface area (Å²) in [6, 6.07) is 64.3. The van der Waals surface area contributed by atoms with E-state index in [0.29, 0.717) is 17.6 Å². The van der Waals surface area contributed by atoms with Gasteiger partial charge in [-0.1, -0.05) is 152 Å². The van der Waals surface area contributed by atoms with Crippen LogP contribution in [-0.4, -0.2) is 19.5 Å². The van der Waals surface area contributed by atoms with E-state index in [4.69, 9.17) is 19.4 Å². The molecular weight excluding hydrogens is 741 g/mol. The lowest BCUT2D eigenvalue weighted by atomic mass is 9.95. The van der Waals surface area contributed by atoms with Gasteiger partial charge < -0.3 is 4.42 Å². The van der Waals surface area contributed by atoms with Crippen LogP contribution in [-0.2, 0) is 0 Å². The monoisotopic (exact) mass is 770 g/mol. The lowest BCUT2D eigenvalue weighted by Crippen LogP contribution is -2.07. The number of thiophene rings is 1. The fourth-order valence-corrected chi connectivity index (χ4v) is 10.4. The number of para-hydroxylation sites is 2. The largest absolute Gasteiger partial charge is 0.456 e. The molecule has 0 amide bonds. The van der Waals surface area contributed by atoms with Crippen molar-refractivity contribution in [2.24, 2.45) is 0 Å². The van der Waals surface area contributed by atoms with Gasteiger partial charge in [0, 0.05) is 63.8 Å². The second-order valence-electron chi connectivity index (χ2n) is 15.1. The molecule has 5 nitrogen and oxygen atoms in total. The SMILES string of the molecule is c1ccc(-c2nc(-c3ccc4c(c3)oc3ccccc34)nc(-n3c4c(-c5cccc6sc7ccccc7c56)cccc4c4c5ccccc5c5ccccc5c43)n2)cc1. The molecule has 0 unspecified atom stereocenters. The van der Waals surface area contributed by atoms with E-state index in [1.54, 1.807) is 0 Å². The Bertz CT molecular complexity index is 3860. The van der Waals surface area contributed by atoms with Crippen molar-refractivity contribution in [3.63, 3.8) is 0 Å². The van der Waals surface area contributed by atoms with Gasteiger partial charge >= 0.3 is 0 Å². The summed E-state index contributed by atoms with van der Waals surface area (Å²) in [4.78, 5) is 16.1. The molecule has 4 aromatic heterocycles. The quantitative estimate of drug-likeness (QED) is 0.167. The van der Waals surface area contributed by atoms with Crippen molar-refractivity contribution < 1.29 is 4.42 Å². The minimum Gasteiger partial charge on any atom is -0.456 e. The van der Waals surface area contributed by atoms with Crippen molar-refractivity contribution in [3.05, 3.63) is 182 Å². The topological polar surface area (TPSA) is 56.7 Å². The maximum absolute atomic E-state index is 6.38. The average molecular weight is 771 g/mol. The van der Waals surface area contributed by atoms with Gasteiger partial charge in [-0.2, -0.15) is 9.97 Å². The van der Waals surface area contributed by atoms with Crippen molar-refractivity contribution in [3.8, 4) is 39.9 Å². The molecule has 0 saturated heterocycles. The molecule has 0 fully saturated rings. The fourth-order valence-electron chi connectivity index (χ4n) is 9.32. The number of aromatic nitrogens is 4. The molecule has 274 valence electrons. The molecule has 0 N–H and O–H groups in total. The van der Waals surface area contributed by atoms with Gasteiger partial charge in [-0.25, -0.2) is 4.98 Å². The summed E-state index contributed by atoms with van der Waals surface area (Å²) in [5.74, 6) is 1.72. The van der Waals surface area contributed by atoms with Gasteiger partial charge in [0.25, 0.3) is 0 Å². The van der Waals surface area contributed by atoms with Gasteiger partial charge in [-0.05, 0) is 52.1 Å². The zero-order chi connectivity index (χ0) is 38.6. The van der Waals surface area contributed by atoms with Gasteiger partial charge in [-0.15, -0.1) is 11.3 Å². The van der Waals surface area contributed by atoms with Gasteiger partial charge in [0.15, 0.2) is 11.6 Å². The molecule has 0 spiro atoms. The Morgan fingerprint density at radius 3 is 1.83 bits per heavy atom. The van der Waals surface area contributed by atoms with Crippen LogP contribution < -0.4 is 0 Å². The lowest BCUT2D eigenvalue weighted by molar-refractivity contribution is 0.669. The molecule has 4 heterocycles. The Hall–Kier alpha value is -7.67. The molecule has 9 aromatic carbocycles. The summed E-state index contributed by atoms with van der Waals surface area (Å²) in [5.41, 5.74) is 7.81. The van der Waals surface area contributed by atoms with E-state index in [0.717, 1.165) is 60.4 Å². The first kappa shape index (κ1) is 32.4. The van der Waals surface area contributed by atoms with Crippen molar-refractivity contribution in [1.82, 2.24) is 19.5 Å². The number of furan rings is 1. The van der Waals surface area contributed by atoms with E-state index in [1.165, 1.54) is 47.3 Å². The molecular formula is C53H30N4OS. The number of nitrogens with zero attached hydrogens (tertiary/aromatic N) is 4. The summed E-state index contributed by atoms with van der Waals surface area (Å²) in [6.07, 6.45) is 0. The highest BCUT2D eigenvalue weighted by molar-refractivity contribution is 7.25. The molecule has 0 saturated carbocycles. The van der Waals surface area contributed by atoms with Crippen LogP contribution in [0.4, 0.5) is 0 Å². The first-order valence-electron chi connectivity index (χ1n) is 19.8. The third kappa shape index (κ3) is 4.75. The summed E-state index contributed by atoms with van der Waals surface area (Å²) in [6.45, 7) is 0. The highest BCUT2D eigenvalue weighted by Gasteiger charge is 2.25. The Kier molecular flexibility index (Phi) is 6.82. The molecule has 0 aliphatic carbocycles.